The molecule has 0 aromatic carbocycles. The average Bonchev–Trinajstić information content (AvgIpc) is 2.20. The number of hydrogen-bond acceptors (Lipinski definition) is 1. The quantitative estimate of drug-likeness (QED) is 0.598. The Morgan fingerprint density at radius 2 is 1.79 bits per heavy atom. The van der Waals surface area contributed by atoms with Crippen LogP contribution in [-0.2, 0) is 4.79 Å². The molecule has 0 bridgehead atoms. The van der Waals surface area contributed by atoms with Gasteiger partial charge in [-0.05, 0) is 12.8 Å². The van der Waals surface area contributed by atoms with Gasteiger partial charge >= 0.3 is 0 Å². The van der Waals surface area contributed by atoms with E-state index in [9.17, 15) is 4.79 Å². The zero-order chi connectivity index (χ0) is 10.8. The van der Waals surface area contributed by atoms with Gasteiger partial charge in [0, 0.05) is 12.5 Å². The highest BCUT2D eigenvalue weighted by atomic mass is 16.1. The van der Waals surface area contributed by atoms with Crippen molar-refractivity contribution in [3.63, 3.8) is 0 Å². The van der Waals surface area contributed by atoms with Gasteiger partial charge in [-0.1, -0.05) is 46.5 Å². The van der Waals surface area contributed by atoms with Crippen molar-refractivity contribution >= 4 is 5.91 Å². The molecule has 0 saturated carbocycles. The summed E-state index contributed by atoms with van der Waals surface area (Å²) in [5.41, 5.74) is 0. The summed E-state index contributed by atoms with van der Waals surface area (Å²) >= 11 is 0. The number of amides is 1. The SMILES string of the molecule is CCCCCNC(=O)C(C)CCCC. The first kappa shape index (κ1) is 13.5. The monoisotopic (exact) mass is 199 g/mol. The maximum Gasteiger partial charge on any atom is 0.222 e. The molecule has 1 unspecified atom stereocenters. The first-order chi connectivity index (χ1) is 6.72. The second kappa shape index (κ2) is 9.04. The van der Waals surface area contributed by atoms with E-state index in [1.165, 1.54) is 19.3 Å². The van der Waals surface area contributed by atoms with E-state index in [0.717, 1.165) is 25.8 Å². The van der Waals surface area contributed by atoms with Crippen LogP contribution in [0.2, 0.25) is 0 Å². The minimum absolute atomic E-state index is 0.191. The molecule has 0 rings (SSSR count). The van der Waals surface area contributed by atoms with Crippen molar-refractivity contribution in [3.05, 3.63) is 0 Å². The van der Waals surface area contributed by atoms with Crippen LogP contribution in [0.4, 0.5) is 0 Å². The fourth-order valence-corrected chi connectivity index (χ4v) is 1.40. The highest BCUT2D eigenvalue weighted by molar-refractivity contribution is 5.78. The lowest BCUT2D eigenvalue weighted by Crippen LogP contribution is -2.29. The summed E-state index contributed by atoms with van der Waals surface area (Å²) in [5.74, 6) is 0.422. The lowest BCUT2D eigenvalue weighted by Gasteiger charge is -2.11. The normalized spacial score (nSPS) is 12.5. The zero-order valence-corrected chi connectivity index (χ0v) is 9.94. The summed E-state index contributed by atoms with van der Waals surface area (Å²) in [6.07, 6.45) is 6.89. The Labute approximate surface area is 88.5 Å². The molecule has 2 nitrogen and oxygen atoms in total. The van der Waals surface area contributed by atoms with Crippen LogP contribution in [0.15, 0.2) is 0 Å². The van der Waals surface area contributed by atoms with E-state index in [4.69, 9.17) is 0 Å². The van der Waals surface area contributed by atoms with E-state index in [1.54, 1.807) is 0 Å². The molecule has 0 aliphatic carbocycles. The lowest BCUT2D eigenvalue weighted by molar-refractivity contribution is -0.124. The van der Waals surface area contributed by atoms with Crippen molar-refractivity contribution in [1.29, 1.82) is 0 Å². The number of carbonyl (C=O) groups excluding carboxylic acids is 1. The van der Waals surface area contributed by atoms with E-state index >= 15 is 0 Å². The predicted octanol–water partition coefficient (Wildman–Crippen LogP) is 3.12. The summed E-state index contributed by atoms with van der Waals surface area (Å²) < 4.78 is 0. The van der Waals surface area contributed by atoms with Crippen LogP contribution in [0.1, 0.15) is 59.3 Å². The Balaban J connectivity index is 3.42. The van der Waals surface area contributed by atoms with Gasteiger partial charge in [-0.2, -0.15) is 0 Å². The molecule has 0 heterocycles. The third kappa shape index (κ3) is 6.93. The van der Waals surface area contributed by atoms with Crippen molar-refractivity contribution < 1.29 is 4.79 Å². The van der Waals surface area contributed by atoms with Crippen LogP contribution in [0.5, 0.6) is 0 Å². The molecule has 2 heteroatoms. The molecule has 0 saturated heterocycles. The second-order valence-electron chi connectivity index (χ2n) is 4.04. The third-order valence-corrected chi connectivity index (χ3v) is 2.52. The van der Waals surface area contributed by atoms with Crippen molar-refractivity contribution in [2.75, 3.05) is 6.54 Å². The molecule has 14 heavy (non-hydrogen) atoms. The van der Waals surface area contributed by atoms with Crippen molar-refractivity contribution in [2.45, 2.75) is 59.3 Å². The van der Waals surface area contributed by atoms with E-state index < -0.39 is 0 Å². The molecule has 1 N–H and O–H groups in total. The largest absolute Gasteiger partial charge is 0.356 e. The average molecular weight is 199 g/mol. The number of carbonyl (C=O) groups is 1. The molecule has 0 aliphatic heterocycles. The predicted molar refractivity (Wildman–Crippen MR) is 61.2 cm³/mol. The topological polar surface area (TPSA) is 29.1 Å². The van der Waals surface area contributed by atoms with Gasteiger partial charge < -0.3 is 5.32 Å². The number of nitrogens with one attached hydrogen (secondary N) is 1. The van der Waals surface area contributed by atoms with Crippen LogP contribution in [0, 0.1) is 5.92 Å². The van der Waals surface area contributed by atoms with Crippen LogP contribution in [-0.4, -0.2) is 12.5 Å². The van der Waals surface area contributed by atoms with Gasteiger partial charge in [0.1, 0.15) is 0 Å². The Kier molecular flexibility index (Phi) is 8.70. The maximum absolute atomic E-state index is 11.5. The van der Waals surface area contributed by atoms with Crippen molar-refractivity contribution in [3.8, 4) is 0 Å². The fourth-order valence-electron chi connectivity index (χ4n) is 1.40. The molecular weight excluding hydrogens is 174 g/mol. The summed E-state index contributed by atoms with van der Waals surface area (Å²) in [6.45, 7) is 7.20. The van der Waals surface area contributed by atoms with E-state index in [0.29, 0.717) is 0 Å². The summed E-state index contributed by atoms with van der Waals surface area (Å²) in [7, 11) is 0. The van der Waals surface area contributed by atoms with Crippen LogP contribution >= 0.6 is 0 Å². The van der Waals surface area contributed by atoms with Gasteiger partial charge in [0.15, 0.2) is 0 Å². The van der Waals surface area contributed by atoms with E-state index in [-0.39, 0.29) is 11.8 Å². The lowest BCUT2D eigenvalue weighted by atomic mass is 10.0. The second-order valence-corrected chi connectivity index (χ2v) is 4.04. The first-order valence-electron chi connectivity index (χ1n) is 6.00. The molecule has 84 valence electrons. The molecule has 0 fully saturated rings. The van der Waals surface area contributed by atoms with Gasteiger partial charge in [0.25, 0.3) is 0 Å². The molecule has 1 amide bonds. The molecule has 0 aromatic rings. The highest BCUT2D eigenvalue weighted by Crippen LogP contribution is 2.07. The summed E-state index contributed by atoms with van der Waals surface area (Å²) in [6, 6.07) is 0. The van der Waals surface area contributed by atoms with Gasteiger partial charge in [-0.15, -0.1) is 0 Å². The fraction of sp³-hybridized carbons (Fsp3) is 0.917. The number of unbranched alkanes of at least 4 members (excludes halogenated alkanes) is 3. The zero-order valence-electron chi connectivity index (χ0n) is 9.94. The minimum Gasteiger partial charge on any atom is -0.356 e. The maximum atomic E-state index is 11.5. The van der Waals surface area contributed by atoms with Gasteiger partial charge in [-0.25, -0.2) is 0 Å². The Morgan fingerprint density at radius 3 is 2.36 bits per heavy atom. The minimum atomic E-state index is 0.191. The Bertz CT molecular complexity index is 145. The van der Waals surface area contributed by atoms with Crippen LogP contribution < -0.4 is 5.32 Å². The standard InChI is InChI=1S/C12H25NO/c1-4-6-8-10-13-12(14)11(3)9-7-5-2/h11H,4-10H2,1-3H3,(H,13,14). The van der Waals surface area contributed by atoms with Crippen LogP contribution in [0.3, 0.4) is 0 Å². The first-order valence-corrected chi connectivity index (χ1v) is 6.00. The molecule has 0 spiro atoms. The number of rotatable bonds is 8. The molecule has 0 aromatic heterocycles. The van der Waals surface area contributed by atoms with Crippen molar-refractivity contribution in [1.82, 2.24) is 5.32 Å². The van der Waals surface area contributed by atoms with Crippen molar-refractivity contribution in [2.24, 2.45) is 5.92 Å². The van der Waals surface area contributed by atoms with Gasteiger partial charge in [-0.3, -0.25) is 4.79 Å². The summed E-state index contributed by atoms with van der Waals surface area (Å²) in [4.78, 5) is 11.5. The summed E-state index contributed by atoms with van der Waals surface area (Å²) in [5, 5.41) is 2.99. The Hall–Kier alpha value is -0.530. The smallest absolute Gasteiger partial charge is 0.222 e. The molecule has 1 atom stereocenters. The van der Waals surface area contributed by atoms with E-state index in [1.807, 2.05) is 6.92 Å². The third-order valence-electron chi connectivity index (χ3n) is 2.52. The van der Waals surface area contributed by atoms with Gasteiger partial charge in [0.05, 0.1) is 0 Å². The van der Waals surface area contributed by atoms with Crippen LogP contribution in [0.25, 0.3) is 0 Å². The number of hydrogen-bond donors (Lipinski definition) is 1. The van der Waals surface area contributed by atoms with E-state index in [2.05, 4.69) is 19.2 Å². The molecule has 0 aliphatic rings. The Morgan fingerprint density at radius 1 is 1.14 bits per heavy atom. The molecule has 0 radical (unpaired) electrons. The molecular formula is C12H25NO. The highest BCUT2D eigenvalue weighted by Gasteiger charge is 2.10. The van der Waals surface area contributed by atoms with Gasteiger partial charge in [0.2, 0.25) is 5.91 Å².